The second-order valence-electron chi connectivity index (χ2n) is 7.69. The van der Waals surface area contributed by atoms with Crippen molar-refractivity contribution in [2.75, 3.05) is 23.8 Å². The molecule has 1 amide bonds. The number of amides is 1. The summed E-state index contributed by atoms with van der Waals surface area (Å²) in [7, 11) is 0. The van der Waals surface area contributed by atoms with Crippen LogP contribution >= 0.6 is 11.6 Å². The molecule has 1 heterocycles. The smallest absolute Gasteiger partial charge is 0.257 e. The first-order chi connectivity index (χ1) is 13.2. The number of aliphatic hydroxyl groups is 1. The van der Waals surface area contributed by atoms with E-state index >= 15 is 0 Å². The Morgan fingerprint density at radius 2 is 2.11 bits per heavy atom. The maximum absolute atomic E-state index is 12.6. The van der Waals surface area contributed by atoms with Crippen molar-refractivity contribution in [2.45, 2.75) is 26.8 Å². The predicted octanol–water partition coefficient (Wildman–Crippen LogP) is 4.16. The lowest BCUT2D eigenvalue weighted by molar-refractivity contribution is 0.102. The van der Waals surface area contributed by atoms with Gasteiger partial charge in [0.1, 0.15) is 12.4 Å². The summed E-state index contributed by atoms with van der Waals surface area (Å²) < 4.78 is 5.63. The molecular formula is C22H23ClN2O3. The number of carbonyl (C=O) groups excluding carboxylic acids is 1. The number of halogens is 1. The van der Waals surface area contributed by atoms with Gasteiger partial charge in [-0.05, 0) is 51.1 Å². The summed E-state index contributed by atoms with van der Waals surface area (Å²) >= 11 is 6.30. The van der Waals surface area contributed by atoms with Crippen LogP contribution in [0.3, 0.4) is 0 Å². The molecule has 1 aliphatic rings. The third kappa shape index (κ3) is 4.98. The molecular weight excluding hydrogens is 376 g/mol. The lowest BCUT2D eigenvalue weighted by atomic mass is 9.97. The first-order valence-electron chi connectivity index (χ1n) is 9.03. The summed E-state index contributed by atoms with van der Waals surface area (Å²) in [4.78, 5) is 12.6. The number of rotatable bonds is 3. The summed E-state index contributed by atoms with van der Waals surface area (Å²) in [6, 6.07) is 10.3. The maximum Gasteiger partial charge on any atom is 0.257 e. The van der Waals surface area contributed by atoms with E-state index in [-0.39, 0.29) is 24.0 Å². The molecule has 0 aromatic heterocycles. The molecule has 1 unspecified atom stereocenters. The van der Waals surface area contributed by atoms with Crippen molar-refractivity contribution in [3.05, 3.63) is 52.5 Å². The van der Waals surface area contributed by atoms with Crippen molar-refractivity contribution in [2.24, 2.45) is 5.41 Å². The summed E-state index contributed by atoms with van der Waals surface area (Å²) in [5.74, 6) is 6.54. The van der Waals surface area contributed by atoms with E-state index in [1.165, 1.54) is 0 Å². The normalized spacial score (nSPS) is 15.4. The molecule has 0 saturated carbocycles. The second kappa shape index (κ2) is 8.14. The van der Waals surface area contributed by atoms with Gasteiger partial charge in [0.05, 0.1) is 28.9 Å². The zero-order chi connectivity index (χ0) is 20.3. The minimum atomic E-state index is -0.308. The Hall–Kier alpha value is -2.68. The molecule has 2 aromatic carbocycles. The van der Waals surface area contributed by atoms with Gasteiger partial charge < -0.3 is 20.5 Å². The summed E-state index contributed by atoms with van der Waals surface area (Å²) in [5.41, 5.74) is 2.41. The Kier molecular flexibility index (Phi) is 5.83. The highest BCUT2D eigenvalue weighted by Gasteiger charge is 2.19. The van der Waals surface area contributed by atoms with E-state index in [2.05, 4.69) is 22.5 Å². The molecule has 1 aliphatic heterocycles. The van der Waals surface area contributed by atoms with Crippen LogP contribution in [-0.2, 0) is 0 Å². The molecule has 2 aromatic rings. The molecule has 6 heteroatoms. The number of ether oxygens (including phenoxy) is 1. The topological polar surface area (TPSA) is 70.6 Å². The van der Waals surface area contributed by atoms with E-state index in [0.29, 0.717) is 28.6 Å². The highest BCUT2D eigenvalue weighted by molar-refractivity contribution is 6.34. The zero-order valence-electron chi connectivity index (χ0n) is 16.1. The Balaban J connectivity index is 1.74. The van der Waals surface area contributed by atoms with Crippen LogP contribution in [0.4, 0.5) is 11.4 Å². The highest BCUT2D eigenvalue weighted by atomic mass is 35.5. The zero-order valence-corrected chi connectivity index (χ0v) is 16.9. The standard InChI is InChI=1S/C22H23ClN2O3/c1-22(2,3)9-8-14-4-6-17(18(23)10-14)21(27)25-15-5-7-19-20(11-15)28-13-16(12-26)24-19/h4-7,10-11,16,24,26H,12-13H2,1-3H3,(H,25,27). The molecule has 0 bridgehead atoms. The molecule has 3 rings (SSSR count). The average molecular weight is 399 g/mol. The summed E-state index contributed by atoms with van der Waals surface area (Å²) in [6.45, 7) is 6.46. The largest absolute Gasteiger partial charge is 0.489 e. The van der Waals surface area contributed by atoms with Crippen LogP contribution in [0.5, 0.6) is 5.75 Å². The molecule has 0 spiro atoms. The van der Waals surface area contributed by atoms with Crippen molar-refractivity contribution in [3.8, 4) is 17.6 Å². The Bertz CT molecular complexity index is 954. The second-order valence-corrected chi connectivity index (χ2v) is 8.10. The molecule has 3 N–H and O–H groups in total. The van der Waals surface area contributed by atoms with Gasteiger partial charge in [0.15, 0.2) is 0 Å². The number of aliphatic hydroxyl groups excluding tert-OH is 1. The van der Waals surface area contributed by atoms with E-state index in [9.17, 15) is 9.90 Å². The van der Waals surface area contributed by atoms with E-state index in [0.717, 1.165) is 11.3 Å². The SMILES string of the molecule is CC(C)(C)C#Cc1ccc(C(=O)Nc2ccc3c(c2)OCC(CO)N3)c(Cl)c1. The first-order valence-corrected chi connectivity index (χ1v) is 9.41. The minimum Gasteiger partial charge on any atom is -0.489 e. The molecule has 0 saturated heterocycles. The Labute approximate surface area is 170 Å². The van der Waals surface area contributed by atoms with Crippen LogP contribution in [0.15, 0.2) is 36.4 Å². The molecule has 0 aliphatic carbocycles. The number of anilines is 2. The van der Waals surface area contributed by atoms with Gasteiger partial charge in [-0.15, -0.1) is 0 Å². The Morgan fingerprint density at radius 1 is 1.32 bits per heavy atom. The third-order valence-corrected chi connectivity index (χ3v) is 4.37. The molecule has 28 heavy (non-hydrogen) atoms. The molecule has 1 atom stereocenters. The van der Waals surface area contributed by atoms with Crippen LogP contribution in [0.25, 0.3) is 0 Å². The van der Waals surface area contributed by atoms with Crippen molar-refractivity contribution >= 4 is 28.9 Å². The number of benzene rings is 2. The Morgan fingerprint density at radius 3 is 2.79 bits per heavy atom. The van der Waals surface area contributed by atoms with E-state index in [1.807, 2.05) is 20.8 Å². The maximum atomic E-state index is 12.6. The monoisotopic (exact) mass is 398 g/mol. The van der Waals surface area contributed by atoms with E-state index in [1.54, 1.807) is 36.4 Å². The van der Waals surface area contributed by atoms with E-state index in [4.69, 9.17) is 16.3 Å². The molecule has 0 fully saturated rings. The quantitative estimate of drug-likeness (QED) is 0.679. The molecule has 5 nitrogen and oxygen atoms in total. The third-order valence-electron chi connectivity index (χ3n) is 4.06. The first kappa shape index (κ1) is 20.1. The fourth-order valence-electron chi connectivity index (χ4n) is 2.62. The lowest BCUT2D eigenvalue weighted by Crippen LogP contribution is -2.34. The van der Waals surface area contributed by atoms with Gasteiger partial charge in [0, 0.05) is 22.7 Å². The predicted molar refractivity (Wildman–Crippen MR) is 112 cm³/mol. The van der Waals surface area contributed by atoms with Crippen molar-refractivity contribution < 1.29 is 14.6 Å². The van der Waals surface area contributed by atoms with Crippen LogP contribution in [0, 0.1) is 17.3 Å². The van der Waals surface area contributed by atoms with Crippen molar-refractivity contribution in [3.63, 3.8) is 0 Å². The molecule has 146 valence electrons. The van der Waals surface area contributed by atoms with Crippen molar-refractivity contribution in [1.29, 1.82) is 0 Å². The van der Waals surface area contributed by atoms with Gasteiger partial charge in [0.2, 0.25) is 0 Å². The van der Waals surface area contributed by atoms with Gasteiger partial charge in [-0.1, -0.05) is 23.4 Å². The summed E-state index contributed by atoms with van der Waals surface area (Å²) in [6.07, 6.45) is 0. The van der Waals surface area contributed by atoms with Crippen LogP contribution in [-0.4, -0.2) is 30.3 Å². The average Bonchev–Trinajstić information content (AvgIpc) is 2.65. The number of hydrogen-bond donors (Lipinski definition) is 3. The molecule has 0 radical (unpaired) electrons. The van der Waals surface area contributed by atoms with Crippen LogP contribution in [0.2, 0.25) is 5.02 Å². The fraction of sp³-hybridized carbons (Fsp3) is 0.318. The summed E-state index contributed by atoms with van der Waals surface area (Å²) in [5, 5.41) is 15.6. The van der Waals surface area contributed by atoms with E-state index < -0.39 is 0 Å². The van der Waals surface area contributed by atoms with Crippen LogP contribution in [0.1, 0.15) is 36.7 Å². The van der Waals surface area contributed by atoms with Gasteiger partial charge in [-0.25, -0.2) is 0 Å². The van der Waals surface area contributed by atoms with Gasteiger partial charge in [-0.3, -0.25) is 4.79 Å². The minimum absolute atomic E-state index is 0.00739. The fourth-order valence-corrected chi connectivity index (χ4v) is 2.89. The van der Waals surface area contributed by atoms with Gasteiger partial charge in [-0.2, -0.15) is 0 Å². The van der Waals surface area contributed by atoms with Gasteiger partial charge >= 0.3 is 0 Å². The van der Waals surface area contributed by atoms with Crippen LogP contribution < -0.4 is 15.4 Å². The number of carbonyl (C=O) groups is 1. The van der Waals surface area contributed by atoms with Gasteiger partial charge in [0.25, 0.3) is 5.91 Å². The van der Waals surface area contributed by atoms with Crippen molar-refractivity contribution in [1.82, 2.24) is 0 Å². The highest BCUT2D eigenvalue weighted by Crippen LogP contribution is 2.32. The number of hydrogen-bond acceptors (Lipinski definition) is 4. The number of nitrogens with one attached hydrogen (secondary N) is 2. The number of fused-ring (bicyclic) bond motifs is 1. The lowest BCUT2D eigenvalue weighted by Gasteiger charge is -2.26.